The molecule has 0 fully saturated rings. The van der Waals surface area contributed by atoms with Crippen molar-refractivity contribution in [2.75, 3.05) is 20.1 Å². The van der Waals surface area contributed by atoms with Crippen molar-refractivity contribution < 1.29 is 9.59 Å². The summed E-state index contributed by atoms with van der Waals surface area (Å²) in [5.74, 6) is -0.344. The second-order valence-corrected chi connectivity index (χ2v) is 5.63. The summed E-state index contributed by atoms with van der Waals surface area (Å²) in [4.78, 5) is 26.1. The van der Waals surface area contributed by atoms with Gasteiger partial charge in [0.15, 0.2) is 0 Å². The van der Waals surface area contributed by atoms with Crippen LogP contribution in [0.1, 0.15) is 39.2 Å². The van der Waals surface area contributed by atoms with E-state index in [0.29, 0.717) is 24.2 Å². The van der Waals surface area contributed by atoms with E-state index in [1.165, 1.54) is 0 Å². The van der Waals surface area contributed by atoms with Crippen molar-refractivity contribution in [3.8, 4) is 0 Å². The molecule has 6 heteroatoms. The van der Waals surface area contributed by atoms with Gasteiger partial charge in [0, 0.05) is 37.3 Å². The molecule has 0 aliphatic heterocycles. The summed E-state index contributed by atoms with van der Waals surface area (Å²) >= 11 is 0. The lowest BCUT2D eigenvalue weighted by Crippen LogP contribution is -2.32. The summed E-state index contributed by atoms with van der Waals surface area (Å²) in [6.45, 7) is 2.84. The molecular formula is C19H24ClN3O2. The number of carbonyl (C=O) groups excluding carboxylic acids is 2. The average molecular weight is 362 g/mol. The summed E-state index contributed by atoms with van der Waals surface area (Å²) in [6, 6.07) is 16.0. The summed E-state index contributed by atoms with van der Waals surface area (Å²) in [7, 11) is 1.73. The minimum atomic E-state index is -0.272. The van der Waals surface area contributed by atoms with Gasteiger partial charge in [0.25, 0.3) is 11.8 Å². The molecule has 2 aromatic carbocycles. The van der Waals surface area contributed by atoms with Crippen molar-refractivity contribution in [1.29, 1.82) is 0 Å². The number of halogens is 1. The van der Waals surface area contributed by atoms with E-state index >= 15 is 0 Å². The molecule has 0 radical (unpaired) electrons. The zero-order valence-corrected chi connectivity index (χ0v) is 15.3. The molecule has 0 aliphatic rings. The smallest absolute Gasteiger partial charge is 0.253 e. The van der Waals surface area contributed by atoms with E-state index in [-0.39, 0.29) is 30.3 Å². The highest BCUT2D eigenvalue weighted by molar-refractivity contribution is 5.99. The third-order valence-corrected chi connectivity index (χ3v) is 3.90. The zero-order chi connectivity index (χ0) is 17.5. The maximum absolute atomic E-state index is 12.3. The SMILES string of the molecule is CCN(C)C(=O)c1cccc(C(=O)NCC(N)c2ccccc2)c1.Cl. The molecule has 2 rings (SSSR count). The fraction of sp³-hybridized carbons (Fsp3) is 0.263. The van der Waals surface area contributed by atoms with Crippen molar-refractivity contribution >= 4 is 24.2 Å². The molecule has 0 aromatic heterocycles. The van der Waals surface area contributed by atoms with Crippen molar-refractivity contribution in [1.82, 2.24) is 10.2 Å². The third-order valence-electron chi connectivity index (χ3n) is 3.90. The summed E-state index contributed by atoms with van der Waals surface area (Å²) in [5, 5.41) is 2.82. The van der Waals surface area contributed by atoms with Crippen LogP contribution in [0.25, 0.3) is 0 Å². The predicted octanol–water partition coefficient (Wildman–Crippen LogP) is 2.63. The molecule has 0 bridgehead atoms. The summed E-state index contributed by atoms with van der Waals surface area (Å²) < 4.78 is 0. The highest BCUT2D eigenvalue weighted by atomic mass is 35.5. The Morgan fingerprint density at radius 3 is 2.36 bits per heavy atom. The highest BCUT2D eigenvalue weighted by Gasteiger charge is 2.14. The molecule has 0 aliphatic carbocycles. The Morgan fingerprint density at radius 1 is 1.08 bits per heavy atom. The minimum absolute atomic E-state index is 0. The standard InChI is InChI=1S/C19H23N3O2.ClH/c1-3-22(2)19(24)16-11-7-10-15(12-16)18(23)21-13-17(20)14-8-5-4-6-9-14;/h4-12,17H,3,13,20H2,1-2H3,(H,21,23);1H. The molecule has 134 valence electrons. The minimum Gasteiger partial charge on any atom is -0.350 e. The van der Waals surface area contributed by atoms with E-state index in [4.69, 9.17) is 5.73 Å². The summed E-state index contributed by atoms with van der Waals surface area (Å²) in [6.07, 6.45) is 0. The third kappa shape index (κ3) is 5.59. The quantitative estimate of drug-likeness (QED) is 0.830. The number of benzene rings is 2. The molecular weight excluding hydrogens is 338 g/mol. The Morgan fingerprint density at radius 2 is 1.72 bits per heavy atom. The number of nitrogens with two attached hydrogens (primary N) is 1. The number of amides is 2. The topological polar surface area (TPSA) is 75.4 Å². The number of hydrogen-bond acceptors (Lipinski definition) is 3. The number of rotatable bonds is 6. The van der Waals surface area contributed by atoms with Gasteiger partial charge in [0.2, 0.25) is 0 Å². The van der Waals surface area contributed by atoms with E-state index in [0.717, 1.165) is 5.56 Å². The Bertz CT molecular complexity index is 707. The van der Waals surface area contributed by atoms with Crippen LogP contribution < -0.4 is 11.1 Å². The number of hydrogen-bond donors (Lipinski definition) is 2. The van der Waals surface area contributed by atoms with Gasteiger partial charge in [-0.1, -0.05) is 36.4 Å². The fourth-order valence-corrected chi connectivity index (χ4v) is 2.28. The van der Waals surface area contributed by atoms with Crippen LogP contribution in [-0.4, -0.2) is 36.9 Å². The van der Waals surface area contributed by atoms with Crippen molar-refractivity contribution in [3.63, 3.8) is 0 Å². The largest absolute Gasteiger partial charge is 0.350 e. The first-order valence-corrected chi connectivity index (χ1v) is 7.97. The van der Waals surface area contributed by atoms with Gasteiger partial charge < -0.3 is 16.0 Å². The van der Waals surface area contributed by atoms with Crippen molar-refractivity contribution in [2.24, 2.45) is 5.73 Å². The maximum atomic E-state index is 12.3. The molecule has 25 heavy (non-hydrogen) atoms. The van der Waals surface area contributed by atoms with Crippen LogP contribution in [0, 0.1) is 0 Å². The van der Waals surface area contributed by atoms with E-state index < -0.39 is 0 Å². The van der Waals surface area contributed by atoms with Gasteiger partial charge in [0.05, 0.1) is 0 Å². The van der Waals surface area contributed by atoms with E-state index in [9.17, 15) is 9.59 Å². The second-order valence-electron chi connectivity index (χ2n) is 5.63. The van der Waals surface area contributed by atoms with E-state index in [2.05, 4.69) is 5.32 Å². The van der Waals surface area contributed by atoms with Crippen LogP contribution in [0.2, 0.25) is 0 Å². The molecule has 1 atom stereocenters. The molecule has 3 N–H and O–H groups in total. The van der Waals surface area contributed by atoms with Crippen LogP contribution in [0.3, 0.4) is 0 Å². The first-order valence-electron chi connectivity index (χ1n) is 7.97. The maximum Gasteiger partial charge on any atom is 0.253 e. The lowest BCUT2D eigenvalue weighted by molar-refractivity contribution is 0.0802. The van der Waals surface area contributed by atoms with Gasteiger partial charge >= 0.3 is 0 Å². The lowest BCUT2D eigenvalue weighted by atomic mass is 10.1. The van der Waals surface area contributed by atoms with Gasteiger partial charge in [-0.3, -0.25) is 9.59 Å². The van der Waals surface area contributed by atoms with E-state index in [1.54, 1.807) is 36.2 Å². The number of carbonyl (C=O) groups is 2. The number of nitrogens with zero attached hydrogens (tertiary/aromatic N) is 1. The molecule has 0 heterocycles. The zero-order valence-electron chi connectivity index (χ0n) is 14.4. The molecule has 0 saturated carbocycles. The van der Waals surface area contributed by atoms with Crippen molar-refractivity contribution in [2.45, 2.75) is 13.0 Å². The highest BCUT2D eigenvalue weighted by Crippen LogP contribution is 2.10. The molecule has 1 unspecified atom stereocenters. The van der Waals surface area contributed by atoms with Crippen LogP contribution in [-0.2, 0) is 0 Å². The van der Waals surface area contributed by atoms with Crippen LogP contribution in [0.15, 0.2) is 54.6 Å². The summed E-state index contributed by atoms with van der Waals surface area (Å²) in [5.41, 5.74) is 7.99. The van der Waals surface area contributed by atoms with Crippen LogP contribution in [0.5, 0.6) is 0 Å². The van der Waals surface area contributed by atoms with Gasteiger partial charge in [-0.2, -0.15) is 0 Å². The monoisotopic (exact) mass is 361 g/mol. The molecule has 0 saturated heterocycles. The number of nitrogens with one attached hydrogen (secondary N) is 1. The normalized spacial score (nSPS) is 11.2. The molecule has 2 aromatic rings. The lowest BCUT2D eigenvalue weighted by Gasteiger charge is -2.15. The van der Waals surface area contributed by atoms with Crippen LogP contribution >= 0.6 is 12.4 Å². The van der Waals surface area contributed by atoms with Crippen LogP contribution in [0.4, 0.5) is 0 Å². The van der Waals surface area contributed by atoms with Gasteiger partial charge in [-0.15, -0.1) is 12.4 Å². The molecule has 0 spiro atoms. The van der Waals surface area contributed by atoms with Gasteiger partial charge in [-0.25, -0.2) is 0 Å². The van der Waals surface area contributed by atoms with Gasteiger partial charge in [-0.05, 0) is 30.7 Å². The Labute approximate surface area is 154 Å². The first-order chi connectivity index (χ1) is 11.5. The second kappa shape index (κ2) is 9.81. The van der Waals surface area contributed by atoms with E-state index in [1.807, 2.05) is 37.3 Å². The molecule has 5 nitrogen and oxygen atoms in total. The Hall–Kier alpha value is -2.37. The Balaban J connectivity index is 0.00000312. The predicted molar refractivity (Wildman–Crippen MR) is 102 cm³/mol. The Kier molecular flexibility index (Phi) is 8.11. The van der Waals surface area contributed by atoms with Gasteiger partial charge in [0.1, 0.15) is 0 Å². The first kappa shape index (κ1) is 20.7. The fourth-order valence-electron chi connectivity index (χ4n) is 2.28. The average Bonchev–Trinajstić information content (AvgIpc) is 2.65. The van der Waals surface area contributed by atoms with Crippen molar-refractivity contribution in [3.05, 3.63) is 71.3 Å². The molecule has 2 amide bonds.